The van der Waals surface area contributed by atoms with Crippen LogP contribution in [0.3, 0.4) is 0 Å². The van der Waals surface area contributed by atoms with E-state index in [1.807, 2.05) is 12.2 Å². The summed E-state index contributed by atoms with van der Waals surface area (Å²) in [5, 5.41) is 28.7. The first kappa shape index (κ1) is 23.1. The van der Waals surface area contributed by atoms with E-state index in [4.69, 9.17) is 5.11 Å². The van der Waals surface area contributed by atoms with Gasteiger partial charge in [-0.3, -0.25) is 9.59 Å². The molecule has 3 N–H and O–H groups in total. The predicted molar refractivity (Wildman–Crippen MR) is 106 cm³/mol. The minimum Gasteiger partial charge on any atom is -0.481 e. The van der Waals surface area contributed by atoms with Crippen LogP contribution < -0.4 is 0 Å². The molecule has 0 unspecified atom stereocenters. The van der Waals surface area contributed by atoms with Crippen LogP contribution >= 0.6 is 0 Å². The summed E-state index contributed by atoms with van der Waals surface area (Å²) in [7, 11) is 0. The molecule has 0 amide bonds. The topological polar surface area (TPSA) is 94.8 Å². The van der Waals surface area contributed by atoms with Gasteiger partial charge in [-0.2, -0.15) is 0 Å². The van der Waals surface area contributed by atoms with E-state index in [2.05, 4.69) is 19.1 Å². The Morgan fingerprint density at radius 2 is 1.93 bits per heavy atom. The second kappa shape index (κ2) is 13.2. The van der Waals surface area contributed by atoms with E-state index in [-0.39, 0.29) is 30.5 Å². The Kier molecular flexibility index (Phi) is 11.3. The van der Waals surface area contributed by atoms with Crippen LogP contribution in [-0.2, 0) is 9.59 Å². The Hall–Kier alpha value is -1.98. The van der Waals surface area contributed by atoms with E-state index < -0.39 is 18.2 Å². The lowest BCUT2D eigenvalue weighted by atomic mass is 9.90. The van der Waals surface area contributed by atoms with E-state index in [0.29, 0.717) is 19.3 Å². The fourth-order valence-corrected chi connectivity index (χ4v) is 3.10. The summed E-state index contributed by atoms with van der Waals surface area (Å²) in [4.78, 5) is 22.6. The zero-order chi connectivity index (χ0) is 20.1. The van der Waals surface area contributed by atoms with Crippen LogP contribution in [0.15, 0.2) is 48.6 Å². The zero-order valence-corrected chi connectivity index (χ0v) is 16.0. The van der Waals surface area contributed by atoms with Crippen molar-refractivity contribution in [3.63, 3.8) is 0 Å². The highest BCUT2D eigenvalue weighted by atomic mass is 16.4. The summed E-state index contributed by atoms with van der Waals surface area (Å²) in [5.74, 6) is -1.31. The summed E-state index contributed by atoms with van der Waals surface area (Å²) in [6.07, 6.45) is 17.1. The molecule has 0 bridgehead atoms. The van der Waals surface area contributed by atoms with Gasteiger partial charge in [-0.1, -0.05) is 55.5 Å². The van der Waals surface area contributed by atoms with E-state index in [9.17, 15) is 19.8 Å². The Morgan fingerprint density at radius 3 is 2.63 bits per heavy atom. The third-order valence-corrected chi connectivity index (χ3v) is 4.59. The smallest absolute Gasteiger partial charge is 0.303 e. The van der Waals surface area contributed by atoms with Crippen LogP contribution in [0.2, 0.25) is 0 Å². The number of Topliss-reactive ketones (excluding diaryl/α,β-unsaturated/α-hetero) is 1. The standard InChI is InChI=1S/C22H32O5/c1-2-3-4-5-6-9-12-18-19(21(25)16-20(18)24)15-14-17(23)11-8-7-10-13-22(26)27/h3-4,6-9,14-15,17-19,21,23,25H,2,5,10-13,16H2,1H3,(H,26,27)/b4-3-,8-7-,9-6-,15-14+/t17-,18+,19+,21-/m1/s1. The van der Waals surface area contributed by atoms with Gasteiger partial charge in [0.1, 0.15) is 5.78 Å². The molecule has 0 aromatic rings. The molecule has 0 heterocycles. The number of carboxylic acid groups (broad SMARTS) is 1. The van der Waals surface area contributed by atoms with Gasteiger partial charge in [0, 0.05) is 24.7 Å². The molecule has 1 saturated carbocycles. The second-order valence-electron chi connectivity index (χ2n) is 6.84. The molecule has 5 nitrogen and oxygen atoms in total. The van der Waals surface area contributed by atoms with E-state index in [1.165, 1.54) is 0 Å². The summed E-state index contributed by atoms with van der Waals surface area (Å²) in [6, 6.07) is 0. The average molecular weight is 376 g/mol. The lowest BCUT2D eigenvalue weighted by Gasteiger charge is -2.16. The molecule has 0 aromatic carbocycles. The van der Waals surface area contributed by atoms with Crippen LogP contribution in [0.25, 0.3) is 0 Å². The quantitative estimate of drug-likeness (QED) is 0.453. The molecule has 0 saturated heterocycles. The van der Waals surface area contributed by atoms with Crippen molar-refractivity contribution in [1.29, 1.82) is 0 Å². The van der Waals surface area contributed by atoms with Gasteiger partial charge in [0.05, 0.1) is 12.2 Å². The van der Waals surface area contributed by atoms with Gasteiger partial charge in [-0.15, -0.1) is 0 Å². The van der Waals surface area contributed by atoms with Gasteiger partial charge in [-0.05, 0) is 32.1 Å². The van der Waals surface area contributed by atoms with Crippen LogP contribution in [0, 0.1) is 11.8 Å². The van der Waals surface area contributed by atoms with Crippen molar-refractivity contribution < 1.29 is 24.9 Å². The van der Waals surface area contributed by atoms with E-state index in [1.54, 1.807) is 24.3 Å². The molecule has 1 aliphatic rings. The molecule has 1 rings (SSSR count). The normalized spacial score (nSPS) is 24.9. The second-order valence-corrected chi connectivity index (χ2v) is 6.84. The first-order valence-electron chi connectivity index (χ1n) is 9.69. The fraction of sp³-hybridized carbons (Fsp3) is 0.545. The number of carboxylic acids is 1. The number of hydrogen-bond acceptors (Lipinski definition) is 4. The van der Waals surface area contributed by atoms with Crippen molar-refractivity contribution in [3.05, 3.63) is 48.6 Å². The molecule has 0 aromatic heterocycles. The number of aliphatic hydroxyl groups excluding tert-OH is 2. The molecular weight excluding hydrogens is 344 g/mol. The number of aliphatic hydroxyl groups is 2. The molecule has 4 atom stereocenters. The number of ketones is 1. The number of carbonyl (C=O) groups excluding carboxylic acids is 1. The van der Waals surface area contributed by atoms with Gasteiger partial charge in [0.15, 0.2) is 0 Å². The highest BCUT2D eigenvalue weighted by Crippen LogP contribution is 2.33. The minimum atomic E-state index is -0.846. The molecular formula is C22H32O5. The first-order valence-corrected chi connectivity index (χ1v) is 9.69. The number of rotatable bonds is 12. The maximum absolute atomic E-state index is 12.1. The van der Waals surface area contributed by atoms with Crippen molar-refractivity contribution in [2.24, 2.45) is 11.8 Å². The Bertz CT molecular complexity index is 573. The van der Waals surface area contributed by atoms with Crippen molar-refractivity contribution in [2.45, 2.75) is 64.1 Å². The number of hydrogen-bond donors (Lipinski definition) is 3. The van der Waals surface area contributed by atoms with Crippen LogP contribution in [0.1, 0.15) is 51.9 Å². The molecule has 27 heavy (non-hydrogen) atoms. The zero-order valence-electron chi connectivity index (χ0n) is 16.0. The van der Waals surface area contributed by atoms with Crippen LogP contribution in [-0.4, -0.2) is 39.3 Å². The lowest BCUT2D eigenvalue weighted by molar-refractivity contribution is -0.136. The predicted octanol–water partition coefficient (Wildman–Crippen LogP) is 3.58. The summed E-state index contributed by atoms with van der Waals surface area (Å²) in [6.45, 7) is 2.08. The number of aliphatic carboxylic acids is 1. The molecule has 1 aliphatic carbocycles. The maximum Gasteiger partial charge on any atom is 0.303 e. The monoisotopic (exact) mass is 376 g/mol. The average Bonchev–Trinajstić information content (AvgIpc) is 2.88. The summed E-state index contributed by atoms with van der Waals surface area (Å²) < 4.78 is 0. The summed E-state index contributed by atoms with van der Waals surface area (Å²) in [5.41, 5.74) is 0. The Morgan fingerprint density at radius 1 is 1.19 bits per heavy atom. The molecule has 1 fully saturated rings. The fourth-order valence-electron chi connectivity index (χ4n) is 3.10. The SMILES string of the molecule is CC/C=C\C/C=C\C[C@@H]1C(=O)C[C@@H](O)[C@H]1/C=C/[C@H](O)C/C=C\CCC(=O)O. The third-order valence-electron chi connectivity index (χ3n) is 4.59. The minimum absolute atomic E-state index is 0.0638. The number of allylic oxidation sites excluding steroid dienone is 5. The van der Waals surface area contributed by atoms with Crippen molar-refractivity contribution in [2.75, 3.05) is 0 Å². The van der Waals surface area contributed by atoms with Crippen LogP contribution in [0.4, 0.5) is 0 Å². The molecule has 0 aliphatic heterocycles. The van der Waals surface area contributed by atoms with Gasteiger partial charge in [0.2, 0.25) is 0 Å². The van der Waals surface area contributed by atoms with Crippen molar-refractivity contribution >= 4 is 11.8 Å². The Balaban J connectivity index is 2.50. The summed E-state index contributed by atoms with van der Waals surface area (Å²) >= 11 is 0. The van der Waals surface area contributed by atoms with Crippen molar-refractivity contribution in [1.82, 2.24) is 0 Å². The third kappa shape index (κ3) is 9.50. The van der Waals surface area contributed by atoms with Crippen LogP contribution in [0.5, 0.6) is 0 Å². The van der Waals surface area contributed by atoms with Gasteiger partial charge < -0.3 is 15.3 Å². The highest BCUT2D eigenvalue weighted by Gasteiger charge is 2.39. The Labute approximate surface area is 161 Å². The van der Waals surface area contributed by atoms with Gasteiger partial charge in [-0.25, -0.2) is 0 Å². The molecule has 5 heteroatoms. The molecule has 0 spiro atoms. The first-order chi connectivity index (χ1) is 13.0. The lowest BCUT2D eigenvalue weighted by Crippen LogP contribution is -2.18. The number of carbonyl (C=O) groups is 2. The van der Waals surface area contributed by atoms with E-state index in [0.717, 1.165) is 12.8 Å². The molecule has 0 radical (unpaired) electrons. The highest BCUT2D eigenvalue weighted by molar-refractivity contribution is 5.84. The van der Waals surface area contributed by atoms with Gasteiger partial charge >= 0.3 is 5.97 Å². The van der Waals surface area contributed by atoms with Gasteiger partial charge in [0.25, 0.3) is 0 Å². The molecule has 150 valence electrons. The largest absolute Gasteiger partial charge is 0.481 e. The van der Waals surface area contributed by atoms with E-state index >= 15 is 0 Å². The maximum atomic E-state index is 12.1. The van der Waals surface area contributed by atoms with Crippen molar-refractivity contribution in [3.8, 4) is 0 Å².